The molecule has 0 bridgehead atoms. The summed E-state index contributed by atoms with van der Waals surface area (Å²) >= 11 is 0. The molecule has 0 amide bonds. The zero-order valence-corrected chi connectivity index (χ0v) is 11.5. The van der Waals surface area contributed by atoms with E-state index in [0.717, 1.165) is 12.1 Å². The van der Waals surface area contributed by atoms with Crippen molar-refractivity contribution in [2.45, 2.75) is 0 Å². The van der Waals surface area contributed by atoms with E-state index in [2.05, 4.69) is 0 Å². The molecule has 4 N–H and O–H groups in total. The fourth-order valence-corrected chi connectivity index (χ4v) is 2.20. The summed E-state index contributed by atoms with van der Waals surface area (Å²) in [7, 11) is 0. The lowest BCUT2D eigenvalue weighted by molar-refractivity contribution is 0.0697. The highest BCUT2D eigenvalue weighted by atomic mass is 16.4. The lowest BCUT2D eigenvalue weighted by atomic mass is 10.1. The molecule has 0 unspecified atom stereocenters. The first-order valence-corrected chi connectivity index (χ1v) is 6.44. The van der Waals surface area contributed by atoms with Crippen LogP contribution in [0.1, 0.15) is 10.4 Å². The lowest BCUT2D eigenvalue weighted by Crippen LogP contribution is -2.03. The molecule has 3 rings (SSSR count). The van der Waals surface area contributed by atoms with Crippen LogP contribution in [-0.4, -0.2) is 26.4 Å². The van der Waals surface area contributed by atoms with Crippen LogP contribution in [0.2, 0.25) is 0 Å². The first-order valence-electron chi connectivity index (χ1n) is 6.44. The van der Waals surface area contributed by atoms with Gasteiger partial charge in [-0.15, -0.1) is 0 Å². The molecule has 0 radical (unpaired) electrons. The summed E-state index contributed by atoms with van der Waals surface area (Å²) in [5.74, 6) is -3.13. The predicted molar refractivity (Wildman–Crippen MR) is 79.9 cm³/mol. The zero-order valence-electron chi connectivity index (χ0n) is 11.5. The molecule has 1 aromatic heterocycles. The summed E-state index contributed by atoms with van der Waals surface area (Å²) in [6.45, 7) is 0. The predicted octanol–water partition coefficient (Wildman–Crippen LogP) is 2.28. The third-order valence-corrected chi connectivity index (χ3v) is 3.34. The minimum absolute atomic E-state index is 0.0433. The van der Waals surface area contributed by atoms with E-state index < -0.39 is 28.6 Å². The van der Waals surface area contributed by atoms with Gasteiger partial charge in [-0.05, 0) is 18.2 Å². The molecule has 0 atom stereocenters. The maximum atomic E-state index is 12.2. The van der Waals surface area contributed by atoms with Crippen LogP contribution < -0.4 is 5.43 Å². The van der Waals surface area contributed by atoms with Crippen molar-refractivity contribution in [1.82, 2.24) is 0 Å². The van der Waals surface area contributed by atoms with Gasteiger partial charge in [0.1, 0.15) is 5.58 Å². The van der Waals surface area contributed by atoms with Crippen molar-refractivity contribution in [1.29, 1.82) is 0 Å². The molecular weight excluding hydrogens is 304 g/mol. The van der Waals surface area contributed by atoms with Gasteiger partial charge in [0, 0.05) is 11.6 Å². The van der Waals surface area contributed by atoms with E-state index in [4.69, 9.17) is 9.52 Å². The monoisotopic (exact) mass is 314 g/mol. The molecule has 0 fully saturated rings. The molecule has 0 saturated heterocycles. The van der Waals surface area contributed by atoms with Crippen LogP contribution in [0, 0.1) is 0 Å². The second-order valence-electron chi connectivity index (χ2n) is 4.83. The highest BCUT2D eigenvalue weighted by Gasteiger charge is 2.18. The number of hydrogen-bond donors (Lipinski definition) is 4. The Kier molecular flexibility index (Phi) is 3.18. The average Bonchev–Trinajstić information content (AvgIpc) is 2.53. The molecule has 7 heteroatoms. The van der Waals surface area contributed by atoms with Gasteiger partial charge in [0.05, 0.1) is 10.9 Å². The number of fused-ring (bicyclic) bond motifs is 1. The Labute approximate surface area is 128 Å². The molecule has 23 heavy (non-hydrogen) atoms. The normalized spacial score (nSPS) is 10.8. The number of aromatic hydroxyl groups is 3. The van der Waals surface area contributed by atoms with Crippen molar-refractivity contribution in [3.05, 3.63) is 52.2 Å². The fourth-order valence-electron chi connectivity index (χ4n) is 2.20. The van der Waals surface area contributed by atoms with E-state index in [0.29, 0.717) is 0 Å². The molecule has 3 aromatic rings. The second-order valence-corrected chi connectivity index (χ2v) is 4.83. The number of hydrogen-bond acceptors (Lipinski definition) is 6. The van der Waals surface area contributed by atoms with Crippen LogP contribution in [0.4, 0.5) is 0 Å². The maximum Gasteiger partial charge on any atom is 0.335 e. The minimum atomic E-state index is -1.17. The molecule has 0 spiro atoms. The Morgan fingerprint density at radius 3 is 2.39 bits per heavy atom. The minimum Gasteiger partial charge on any atom is -0.504 e. The van der Waals surface area contributed by atoms with E-state index in [-0.39, 0.29) is 27.9 Å². The first-order chi connectivity index (χ1) is 10.9. The largest absolute Gasteiger partial charge is 0.504 e. The topological polar surface area (TPSA) is 128 Å². The highest BCUT2D eigenvalue weighted by Crippen LogP contribution is 2.34. The lowest BCUT2D eigenvalue weighted by Gasteiger charge is -2.07. The average molecular weight is 314 g/mol. The van der Waals surface area contributed by atoms with Gasteiger partial charge < -0.3 is 24.8 Å². The Morgan fingerprint density at radius 1 is 1.00 bits per heavy atom. The molecular formula is C16H10O7. The van der Waals surface area contributed by atoms with Crippen LogP contribution >= 0.6 is 0 Å². The number of carboxylic acid groups (broad SMARTS) is 1. The number of phenolic OH excluding ortho intramolecular Hbond substituents is 2. The van der Waals surface area contributed by atoms with Crippen molar-refractivity contribution >= 4 is 16.9 Å². The van der Waals surface area contributed by atoms with Crippen molar-refractivity contribution in [3.8, 4) is 28.6 Å². The molecule has 0 aliphatic heterocycles. The molecule has 116 valence electrons. The number of aromatic carboxylic acids is 1. The standard InChI is InChI=1S/C16H10O7/c17-10-5-9-12(6-11(10)18)23-15(14(20)13(9)19)7-2-1-3-8(4-7)16(21)22/h1-6,17-18,20H,(H,21,22). The van der Waals surface area contributed by atoms with Crippen LogP contribution in [0.25, 0.3) is 22.3 Å². The number of benzene rings is 2. The van der Waals surface area contributed by atoms with E-state index in [1.54, 1.807) is 0 Å². The van der Waals surface area contributed by atoms with Gasteiger partial charge in [-0.1, -0.05) is 12.1 Å². The maximum absolute atomic E-state index is 12.2. The zero-order chi connectivity index (χ0) is 16.7. The van der Waals surface area contributed by atoms with Crippen LogP contribution in [0.3, 0.4) is 0 Å². The van der Waals surface area contributed by atoms with E-state index in [9.17, 15) is 24.9 Å². The summed E-state index contributed by atoms with van der Waals surface area (Å²) in [4.78, 5) is 23.2. The molecule has 0 saturated carbocycles. The summed E-state index contributed by atoms with van der Waals surface area (Å²) in [6.07, 6.45) is 0. The molecule has 7 nitrogen and oxygen atoms in total. The van der Waals surface area contributed by atoms with E-state index in [1.165, 1.54) is 24.3 Å². The summed E-state index contributed by atoms with van der Waals surface area (Å²) in [5.41, 5.74) is -0.719. The summed E-state index contributed by atoms with van der Waals surface area (Å²) in [6, 6.07) is 7.52. The van der Waals surface area contributed by atoms with E-state index in [1.807, 2.05) is 0 Å². The van der Waals surface area contributed by atoms with Gasteiger partial charge in [-0.3, -0.25) is 4.79 Å². The number of rotatable bonds is 2. The Bertz CT molecular complexity index is 1000. The van der Waals surface area contributed by atoms with E-state index >= 15 is 0 Å². The molecule has 2 aromatic carbocycles. The summed E-state index contributed by atoms with van der Waals surface area (Å²) in [5, 5.41) is 37.9. The number of phenols is 2. The highest BCUT2D eigenvalue weighted by molar-refractivity contribution is 5.90. The van der Waals surface area contributed by atoms with Crippen molar-refractivity contribution in [2.75, 3.05) is 0 Å². The fraction of sp³-hybridized carbons (Fsp3) is 0. The first kappa shape index (κ1) is 14.5. The second kappa shape index (κ2) is 5.06. The third-order valence-electron chi connectivity index (χ3n) is 3.34. The van der Waals surface area contributed by atoms with Gasteiger partial charge in [-0.25, -0.2) is 4.79 Å². The SMILES string of the molecule is O=C(O)c1cccc(-c2oc3cc(O)c(O)cc3c(=O)c2O)c1. The van der Waals surface area contributed by atoms with Gasteiger partial charge in [0.15, 0.2) is 17.3 Å². The third kappa shape index (κ3) is 2.34. The van der Waals surface area contributed by atoms with Crippen molar-refractivity contribution < 1.29 is 29.6 Å². The number of carbonyl (C=O) groups is 1. The Balaban J connectivity index is 2.32. The van der Waals surface area contributed by atoms with Crippen LogP contribution in [-0.2, 0) is 0 Å². The number of carboxylic acids is 1. The molecule has 0 aliphatic carbocycles. The quantitative estimate of drug-likeness (QED) is 0.534. The smallest absolute Gasteiger partial charge is 0.335 e. The van der Waals surface area contributed by atoms with Crippen molar-refractivity contribution in [2.24, 2.45) is 0 Å². The molecule has 1 heterocycles. The van der Waals surface area contributed by atoms with Gasteiger partial charge in [-0.2, -0.15) is 0 Å². The van der Waals surface area contributed by atoms with Gasteiger partial charge in [0.25, 0.3) is 0 Å². The van der Waals surface area contributed by atoms with Crippen LogP contribution in [0.5, 0.6) is 17.2 Å². The Hall–Kier alpha value is -3.48. The van der Waals surface area contributed by atoms with Gasteiger partial charge >= 0.3 is 5.97 Å². The molecule has 0 aliphatic rings. The summed E-state index contributed by atoms with van der Waals surface area (Å²) < 4.78 is 5.42. The Morgan fingerprint density at radius 2 is 1.70 bits per heavy atom. The van der Waals surface area contributed by atoms with Crippen LogP contribution in [0.15, 0.2) is 45.6 Å². The van der Waals surface area contributed by atoms with Crippen molar-refractivity contribution in [3.63, 3.8) is 0 Å². The van der Waals surface area contributed by atoms with Gasteiger partial charge in [0.2, 0.25) is 11.2 Å².